The summed E-state index contributed by atoms with van der Waals surface area (Å²) in [6, 6.07) is 7.56. The van der Waals surface area contributed by atoms with E-state index in [0.717, 1.165) is 41.2 Å². The van der Waals surface area contributed by atoms with Crippen LogP contribution >= 0.6 is 0 Å². The van der Waals surface area contributed by atoms with E-state index < -0.39 is 0 Å². The van der Waals surface area contributed by atoms with Gasteiger partial charge in [-0.1, -0.05) is 31.5 Å². The third-order valence-corrected chi connectivity index (χ3v) is 4.01. The minimum absolute atomic E-state index is 0.0959. The average molecular weight is 294 g/mol. The molecule has 22 heavy (non-hydrogen) atoms. The number of nitrogens with one attached hydrogen (secondary N) is 1. The molecule has 2 heterocycles. The summed E-state index contributed by atoms with van der Waals surface area (Å²) in [4.78, 5) is 8.50. The second-order valence-corrected chi connectivity index (χ2v) is 5.32. The Bertz CT molecular complexity index is 741. The summed E-state index contributed by atoms with van der Waals surface area (Å²) in [5.41, 5.74) is 2.90. The number of ether oxygens (including phenoxy) is 1. The van der Waals surface area contributed by atoms with Crippen molar-refractivity contribution in [2.75, 3.05) is 7.11 Å². The summed E-state index contributed by atoms with van der Waals surface area (Å²) in [6.07, 6.45) is 3.56. The zero-order valence-corrected chi connectivity index (χ0v) is 12.7. The molecule has 0 amide bonds. The third-order valence-electron chi connectivity index (χ3n) is 4.01. The van der Waals surface area contributed by atoms with Gasteiger partial charge in [-0.3, -0.25) is 5.10 Å². The minimum Gasteiger partial charge on any atom is -0.496 e. The zero-order chi connectivity index (χ0) is 15.5. The number of H-pyrrole nitrogens is 1. The molecule has 0 bridgehead atoms. The van der Waals surface area contributed by atoms with Gasteiger partial charge < -0.3 is 9.58 Å². The van der Waals surface area contributed by atoms with Gasteiger partial charge in [0.15, 0.2) is 5.82 Å². The molecule has 5 nitrogen and oxygen atoms in total. The molecule has 0 saturated carbocycles. The molecule has 0 saturated heterocycles. The second-order valence-electron chi connectivity index (χ2n) is 5.32. The highest BCUT2D eigenvalue weighted by Crippen LogP contribution is 2.42. The first-order valence-electron chi connectivity index (χ1n) is 7.40. The molecule has 2 atom stereocenters. The Morgan fingerprint density at radius 1 is 1.32 bits per heavy atom. The molecule has 2 unspecified atom stereocenters. The van der Waals surface area contributed by atoms with Crippen molar-refractivity contribution in [3.63, 3.8) is 0 Å². The molecule has 112 valence electrons. The van der Waals surface area contributed by atoms with Crippen LogP contribution in [0.4, 0.5) is 5.82 Å². The van der Waals surface area contributed by atoms with Crippen molar-refractivity contribution in [3.8, 4) is 5.75 Å². The highest BCUT2D eigenvalue weighted by atomic mass is 16.5. The van der Waals surface area contributed by atoms with E-state index >= 15 is 0 Å². The lowest BCUT2D eigenvalue weighted by atomic mass is 9.81. The van der Waals surface area contributed by atoms with Crippen LogP contribution in [0.25, 0.3) is 4.85 Å². The Labute approximate surface area is 129 Å². The number of hydrogen-bond acceptors (Lipinski definition) is 3. The van der Waals surface area contributed by atoms with Gasteiger partial charge in [0, 0.05) is 11.1 Å². The molecule has 0 aliphatic carbocycles. The largest absolute Gasteiger partial charge is 0.496 e. The van der Waals surface area contributed by atoms with Crippen molar-refractivity contribution in [1.29, 1.82) is 0 Å². The van der Waals surface area contributed by atoms with Crippen LogP contribution in [0.1, 0.15) is 36.8 Å². The highest BCUT2D eigenvalue weighted by Gasteiger charge is 2.41. The molecule has 1 aliphatic rings. The standard InChI is InChI=1S/C17H18N4O/c1-4-7-13-16(18-2)15(12-10-19-21-17(12)20-13)11-8-5-6-9-14(11)22-3/h5-6,8-10,15-16H,4,7H2,1,3H3,(H,19,21). The smallest absolute Gasteiger partial charge is 0.272 e. The maximum absolute atomic E-state index is 7.68. The number of hydrogen-bond donors (Lipinski definition) is 1. The van der Waals surface area contributed by atoms with Crippen LogP contribution in [0.2, 0.25) is 0 Å². The number of methoxy groups -OCH3 is 1. The van der Waals surface area contributed by atoms with Crippen LogP contribution in [0.3, 0.4) is 0 Å². The summed E-state index contributed by atoms with van der Waals surface area (Å²) in [5.74, 6) is 1.46. The van der Waals surface area contributed by atoms with Gasteiger partial charge in [0.05, 0.1) is 19.2 Å². The first-order chi connectivity index (χ1) is 10.8. The van der Waals surface area contributed by atoms with E-state index in [1.54, 1.807) is 13.3 Å². The van der Waals surface area contributed by atoms with Gasteiger partial charge in [-0.05, 0) is 12.5 Å². The molecule has 0 spiro atoms. The van der Waals surface area contributed by atoms with Gasteiger partial charge in [-0.2, -0.15) is 5.10 Å². The molecular formula is C17H18N4O. The predicted molar refractivity (Wildman–Crippen MR) is 85.8 cm³/mol. The van der Waals surface area contributed by atoms with Crippen LogP contribution in [-0.2, 0) is 0 Å². The second kappa shape index (κ2) is 6.02. The molecule has 3 rings (SSSR count). The Hall–Kier alpha value is -2.61. The molecule has 2 aromatic rings. The van der Waals surface area contributed by atoms with Gasteiger partial charge in [0.25, 0.3) is 6.04 Å². The van der Waals surface area contributed by atoms with Crippen molar-refractivity contribution in [3.05, 3.63) is 53.0 Å². The predicted octanol–water partition coefficient (Wildman–Crippen LogP) is 3.72. The fraction of sp³-hybridized carbons (Fsp3) is 0.353. The third kappa shape index (κ3) is 2.27. The van der Waals surface area contributed by atoms with Crippen molar-refractivity contribution in [2.45, 2.75) is 31.7 Å². The van der Waals surface area contributed by atoms with E-state index in [0.29, 0.717) is 0 Å². The van der Waals surface area contributed by atoms with Crippen LogP contribution in [0, 0.1) is 6.57 Å². The normalized spacial score (nSPS) is 20.0. The number of aliphatic imine (C=N–C) groups is 1. The number of para-hydroxylation sites is 1. The monoisotopic (exact) mass is 294 g/mol. The molecule has 1 aromatic heterocycles. The summed E-state index contributed by atoms with van der Waals surface area (Å²) < 4.78 is 5.50. The van der Waals surface area contributed by atoms with E-state index in [1.807, 2.05) is 24.3 Å². The molecule has 0 fully saturated rings. The van der Waals surface area contributed by atoms with Gasteiger partial charge in [-0.15, -0.1) is 0 Å². The van der Waals surface area contributed by atoms with Crippen molar-refractivity contribution >= 4 is 11.5 Å². The highest BCUT2D eigenvalue weighted by molar-refractivity contribution is 5.96. The van der Waals surface area contributed by atoms with E-state index in [-0.39, 0.29) is 12.0 Å². The molecule has 5 heteroatoms. The SMILES string of the molecule is [C-]#[N+]C1C(CCC)=Nc2[nH]ncc2C1c1ccccc1OC. The fourth-order valence-corrected chi connectivity index (χ4v) is 3.05. The number of aromatic nitrogens is 2. The van der Waals surface area contributed by atoms with Crippen LogP contribution < -0.4 is 4.74 Å². The van der Waals surface area contributed by atoms with Crippen LogP contribution in [0.15, 0.2) is 35.5 Å². The summed E-state index contributed by atoms with van der Waals surface area (Å²) in [7, 11) is 1.66. The fourth-order valence-electron chi connectivity index (χ4n) is 3.05. The maximum atomic E-state index is 7.68. The zero-order valence-electron chi connectivity index (χ0n) is 12.7. The van der Waals surface area contributed by atoms with Crippen molar-refractivity contribution in [1.82, 2.24) is 10.2 Å². The number of benzene rings is 1. The lowest BCUT2D eigenvalue weighted by Gasteiger charge is -2.25. The number of rotatable bonds is 4. The van der Waals surface area contributed by atoms with E-state index in [1.165, 1.54) is 0 Å². The van der Waals surface area contributed by atoms with Gasteiger partial charge in [0.1, 0.15) is 11.5 Å². The lowest BCUT2D eigenvalue weighted by molar-refractivity contribution is 0.407. The first-order valence-corrected chi connectivity index (χ1v) is 7.40. The lowest BCUT2D eigenvalue weighted by Crippen LogP contribution is -2.29. The number of nitrogens with zero attached hydrogens (tertiary/aromatic N) is 3. The first kappa shape index (κ1) is 14.3. The minimum atomic E-state index is -0.304. The van der Waals surface area contributed by atoms with Crippen molar-refractivity contribution < 1.29 is 4.74 Å². The Balaban J connectivity index is 2.17. The molecule has 1 N–H and O–H groups in total. The quantitative estimate of drug-likeness (QED) is 0.874. The van der Waals surface area contributed by atoms with Gasteiger partial charge >= 0.3 is 0 Å². The van der Waals surface area contributed by atoms with Crippen LogP contribution in [-0.4, -0.2) is 29.1 Å². The Morgan fingerprint density at radius 3 is 2.86 bits per heavy atom. The average Bonchev–Trinajstić information content (AvgIpc) is 3.01. The Morgan fingerprint density at radius 2 is 2.14 bits per heavy atom. The van der Waals surface area contributed by atoms with E-state index in [2.05, 4.69) is 27.0 Å². The topological polar surface area (TPSA) is 54.6 Å². The molecule has 1 aliphatic heterocycles. The molecule has 1 aromatic carbocycles. The van der Waals surface area contributed by atoms with Gasteiger partial charge in [0.2, 0.25) is 0 Å². The van der Waals surface area contributed by atoms with Gasteiger partial charge in [-0.25, -0.2) is 11.6 Å². The maximum Gasteiger partial charge on any atom is 0.272 e. The Kier molecular flexibility index (Phi) is 3.92. The van der Waals surface area contributed by atoms with Crippen molar-refractivity contribution in [2.24, 2.45) is 4.99 Å². The summed E-state index contributed by atoms with van der Waals surface area (Å²) in [6.45, 7) is 9.78. The number of fused-ring (bicyclic) bond motifs is 1. The molecular weight excluding hydrogens is 276 g/mol. The van der Waals surface area contributed by atoms with E-state index in [9.17, 15) is 0 Å². The molecule has 0 radical (unpaired) electrons. The summed E-state index contributed by atoms with van der Waals surface area (Å²) in [5, 5.41) is 7.07. The van der Waals surface area contributed by atoms with E-state index in [4.69, 9.17) is 11.3 Å². The number of aromatic amines is 1. The summed E-state index contributed by atoms with van der Waals surface area (Å²) >= 11 is 0. The van der Waals surface area contributed by atoms with Crippen LogP contribution in [0.5, 0.6) is 5.75 Å².